The van der Waals surface area contributed by atoms with Crippen molar-refractivity contribution in [2.24, 2.45) is 5.41 Å². The molecule has 0 aliphatic carbocycles. The van der Waals surface area contributed by atoms with Gasteiger partial charge in [0.1, 0.15) is 5.41 Å². The highest BCUT2D eigenvalue weighted by atomic mass is 16.5. The van der Waals surface area contributed by atoms with E-state index in [1.54, 1.807) is 0 Å². The number of nitrogens with zero attached hydrogens (tertiary/aromatic N) is 1. The fourth-order valence-electron chi connectivity index (χ4n) is 1.87. The van der Waals surface area contributed by atoms with Crippen molar-refractivity contribution in [2.75, 3.05) is 26.8 Å². The monoisotopic (exact) mass is 215 g/mol. The molecule has 4 nitrogen and oxygen atoms in total. The Labute approximate surface area is 91.2 Å². The number of carbonyl (C=O) groups is 1. The Hall–Kier alpha value is -0.610. The Kier molecular flexibility index (Phi) is 4.11. The van der Waals surface area contributed by atoms with Gasteiger partial charge in [0.05, 0.1) is 6.61 Å². The zero-order valence-corrected chi connectivity index (χ0v) is 9.82. The third-order valence-electron chi connectivity index (χ3n) is 3.21. The highest BCUT2D eigenvalue weighted by Gasteiger charge is 2.41. The van der Waals surface area contributed by atoms with E-state index >= 15 is 0 Å². The minimum Gasteiger partial charge on any atom is -0.481 e. The lowest BCUT2D eigenvalue weighted by atomic mass is 9.82. The summed E-state index contributed by atoms with van der Waals surface area (Å²) in [5, 5.41) is 9.31. The lowest BCUT2D eigenvalue weighted by molar-refractivity contribution is -0.159. The minimum absolute atomic E-state index is 0.347. The van der Waals surface area contributed by atoms with Crippen molar-refractivity contribution in [3.05, 3.63) is 0 Å². The number of aliphatic carboxylic acids is 1. The van der Waals surface area contributed by atoms with Gasteiger partial charge in [0.2, 0.25) is 0 Å². The van der Waals surface area contributed by atoms with Crippen molar-refractivity contribution < 1.29 is 14.6 Å². The number of carboxylic acids is 1. The van der Waals surface area contributed by atoms with E-state index < -0.39 is 11.4 Å². The molecule has 1 aliphatic rings. The highest BCUT2D eigenvalue weighted by Crippen LogP contribution is 2.30. The standard InChI is InChI=1S/C11H21NO3/c1-9(2)12(3)7-11(10(13)14)5-4-6-15-8-11/h9H,4-8H2,1-3H3,(H,13,14). The van der Waals surface area contributed by atoms with E-state index in [0.29, 0.717) is 25.8 Å². The molecule has 1 rings (SSSR count). The molecule has 1 heterocycles. The van der Waals surface area contributed by atoms with E-state index in [1.165, 1.54) is 0 Å². The van der Waals surface area contributed by atoms with Crippen LogP contribution in [0.2, 0.25) is 0 Å². The van der Waals surface area contributed by atoms with Gasteiger partial charge in [0.15, 0.2) is 0 Å². The van der Waals surface area contributed by atoms with Crippen LogP contribution in [0.1, 0.15) is 26.7 Å². The predicted octanol–water partition coefficient (Wildman–Crippen LogP) is 1.21. The lowest BCUT2D eigenvalue weighted by Gasteiger charge is -2.37. The molecule has 0 spiro atoms. The molecule has 0 saturated carbocycles. The zero-order valence-electron chi connectivity index (χ0n) is 9.82. The van der Waals surface area contributed by atoms with Crippen molar-refractivity contribution in [1.82, 2.24) is 4.90 Å². The Morgan fingerprint density at radius 1 is 1.60 bits per heavy atom. The summed E-state index contributed by atoms with van der Waals surface area (Å²) in [4.78, 5) is 13.4. The average molecular weight is 215 g/mol. The molecule has 1 atom stereocenters. The summed E-state index contributed by atoms with van der Waals surface area (Å²) in [7, 11) is 1.96. The first-order valence-electron chi connectivity index (χ1n) is 5.49. The van der Waals surface area contributed by atoms with Crippen LogP contribution in [0, 0.1) is 5.41 Å². The predicted molar refractivity (Wildman–Crippen MR) is 57.9 cm³/mol. The normalized spacial score (nSPS) is 27.3. The van der Waals surface area contributed by atoms with E-state index in [1.807, 2.05) is 7.05 Å². The van der Waals surface area contributed by atoms with Crippen molar-refractivity contribution in [3.63, 3.8) is 0 Å². The molecule has 0 aromatic heterocycles. The summed E-state index contributed by atoms with van der Waals surface area (Å²) >= 11 is 0. The molecule has 88 valence electrons. The molecule has 1 fully saturated rings. The summed E-state index contributed by atoms with van der Waals surface area (Å²) in [6, 6.07) is 0.364. The van der Waals surface area contributed by atoms with Gasteiger partial charge in [-0.2, -0.15) is 0 Å². The summed E-state index contributed by atoms with van der Waals surface area (Å²) in [6.07, 6.45) is 1.57. The number of hydrogen-bond donors (Lipinski definition) is 1. The maximum Gasteiger partial charge on any atom is 0.313 e. The third-order valence-corrected chi connectivity index (χ3v) is 3.21. The van der Waals surface area contributed by atoms with Gasteiger partial charge >= 0.3 is 5.97 Å². The first-order chi connectivity index (χ1) is 6.98. The van der Waals surface area contributed by atoms with Crippen LogP contribution in [-0.2, 0) is 9.53 Å². The number of carboxylic acid groups (broad SMARTS) is 1. The van der Waals surface area contributed by atoms with Crippen molar-refractivity contribution in [2.45, 2.75) is 32.7 Å². The second-order valence-corrected chi connectivity index (χ2v) is 4.75. The molecular formula is C11H21NO3. The van der Waals surface area contributed by atoms with Crippen LogP contribution < -0.4 is 0 Å². The summed E-state index contributed by atoms with van der Waals surface area (Å²) in [5.74, 6) is -0.727. The van der Waals surface area contributed by atoms with Gasteiger partial charge in [-0.15, -0.1) is 0 Å². The van der Waals surface area contributed by atoms with E-state index in [2.05, 4.69) is 18.7 Å². The second-order valence-electron chi connectivity index (χ2n) is 4.75. The van der Waals surface area contributed by atoms with Crippen LogP contribution in [0.5, 0.6) is 0 Å². The van der Waals surface area contributed by atoms with E-state index in [9.17, 15) is 9.90 Å². The molecule has 1 saturated heterocycles. The average Bonchev–Trinajstić information content (AvgIpc) is 2.18. The fourth-order valence-corrected chi connectivity index (χ4v) is 1.87. The molecule has 0 aromatic carbocycles. The van der Waals surface area contributed by atoms with E-state index in [-0.39, 0.29) is 0 Å². The topological polar surface area (TPSA) is 49.8 Å². The highest BCUT2D eigenvalue weighted by molar-refractivity contribution is 5.75. The van der Waals surface area contributed by atoms with Gasteiger partial charge in [0.25, 0.3) is 0 Å². The van der Waals surface area contributed by atoms with Crippen molar-refractivity contribution in [1.29, 1.82) is 0 Å². The maximum atomic E-state index is 11.3. The Bertz CT molecular complexity index is 222. The Morgan fingerprint density at radius 3 is 2.67 bits per heavy atom. The second kappa shape index (κ2) is 4.94. The van der Waals surface area contributed by atoms with Crippen LogP contribution in [0.15, 0.2) is 0 Å². The first kappa shape index (κ1) is 12.5. The zero-order chi connectivity index (χ0) is 11.5. The maximum absolute atomic E-state index is 11.3. The van der Waals surface area contributed by atoms with Gasteiger partial charge in [-0.3, -0.25) is 4.79 Å². The quantitative estimate of drug-likeness (QED) is 0.765. The van der Waals surface area contributed by atoms with Gasteiger partial charge in [0, 0.05) is 19.2 Å². The van der Waals surface area contributed by atoms with Gasteiger partial charge in [-0.25, -0.2) is 0 Å². The third kappa shape index (κ3) is 2.92. The summed E-state index contributed by atoms with van der Waals surface area (Å²) in [6.45, 7) is 5.75. The van der Waals surface area contributed by atoms with E-state index in [4.69, 9.17) is 4.74 Å². The number of rotatable bonds is 4. The van der Waals surface area contributed by atoms with Crippen molar-refractivity contribution >= 4 is 5.97 Å². The molecule has 0 bridgehead atoms. The van der Waals surface area contributed by atoms with Crippen LogP contribution in [-0.4, -0.2) is 48.8 Å². The first-order valence-corrected chi connectivity index (χ1v) is 5.49. The molecule has 0 aromatic rings. The van der Waals surface area contributed by atoms with Gasteiger partial charge < -0.3 is 14.7 Å². The molecule has 15 heavy (non-hydrogen) atoms. The number of hydrogen-bond acceptors (Lipinski definition) is 3. The summed E-state index contributed by atoms with van der Waals surface area (Å²) < 4.78 is 5.32. The molecule has 1 aliphatic heterocycles. The van der Waals surface area contributed by atoms with Gasteiger partial charge in [-0.05, 0) is 33.7 Å². The summed E-state index contributed by atoms with van der Waals surface area (Å²) in [5.41, 5.74) is -0.697. The van der Waals surface area contributed by atoms with Crippen LogP contribution in [0.4, 0.5) is 0 Å². The van der Waals surface area contributed by atoms with Gasteiger partial charge in [-0.1, -0.05) is 0 Å². The molecule has 0 amide bonds. The Morgan fingerprint density at radius 2 is 2.27 bits per heavy atom. The minimum atomic E-state index is -0.727. The molecule has 1 N–H and O–H groups in total. The molecule has 4 heteroatoms. The fraction of sp³-hybridized carbons (Fsp3) is 0.909. The largest absolute Gasteiger partial charge is 0.481 e. The lowest BCUT2D eigenvalue weighted by Crippen LogP contribution is -2.48. The Balaban J connectivity index is 2.68. The van der Waals surface area contributed by atoms with Crippen LogP contribution in [0.25, 0.3) is 0 Å². The van der Waals surface area contributed by atoms with Crippen LogP contribution in [0.3, 0.4) is 0 Å². The SMILES string of the molecule is CC(C)N(C)CC1(C(=O)O)CCCOC1. The number of ether oxygens (including phenoxy) is 1. The molecular weight excluding hydrogens is 194 g/mol. The smallest absolute Gasteiger partial charge is 0.313 e. The van der Waals surface area contributed by atoms with Crippen molar-refractivity contribution in [3.8, 4) is 0 Å². The molecule has 1 unspecified atom stereocenters. The van der Waals surface area contributed by atoms with Crippen LogP contribution >= 0.6 is 0 Å². The van der Waals surface area contributed by atoms with E-state index in [0.717, 1.165) is 12.8 Å². The molecule has 0 radical (unpaired) electrons.